The minimum atomic E-state index is 0. The van der Waals surface area contributed by atoms with Crippen molar-refractivity contribution in [3.8, 4) is 0 Å². The van der Waals surface area contributed by atoms with Gasteiger partial charge in [-0.25, -0.2) is 3.93 Å². The van der Waals surface area contributed by atoms with Crippen LogP contribution in [0.4, 0.5) is 0 Å². The van der Waals surface area contributed by atoms with E-state index in [9.17, 15) is 0 Å². The maximum Gasteiger partial charge on any atom is 0.0202 e. The van der Waals surface area contributed by atoms with E-state index < -0.39 is 0 Å². The van der Waals surface area contributed by atoms with Crippen molar-refractivity contribution in [2.45, 2.75) is 38.1 Å². The van der Waals surface area contributed by atoms with E-state index in [1.54, 1.807) is 0 Å². The highest BCUT2D eigenvalue weighted by molar-refractivity contribution is 9.07. The first-order valence-corrected chi connectivity index (χ1v) is 4.40. The van der Waals surface area contributed by atoms with Crippen molar-refractivity contribution in [2.75, 3.05) is 7.05 Å². The van der Waals surface area contributed by atoms with E-state index >= 15 is 0 Å². The van der Waals surface area contributed by atoms with E-state index in [0.717, 1.165) is 6.04 Å². The molecule has 10 heavy (non-hydrogen) atoms. The maximum atomic E-state index is 3.47. The lowest BCUT2D eigenvalue weighted by Gasteiger charge is -2.25. The fraction of sp³-hybridized carbons (Fsp3) is 1.00. The summed E-state index contributed by atoms with van der Waals surface area (Å²) < 4.78 is 2.17. The summed E-state index contributed by atoms with van der Waals surface area (Å²) in [5.41, 5.74) is 0. The molecule has 0 heterocycles. The Hall–Kier alpha value is 0.730. The van der Waals surface area contributed by atoms with Crippen LogP contribution in [-0.4, -0.2) is 17.0 Å². The molecule has 1 rings (SSSR count). The molecule has 62 valence electrons. The summed E-state index contributed by atoms with van der Waals surface area (Å²) in [7, 11) is 2.11. The summed E-state index contributed by atoms with van der Waals surface area (Å²) in [5, 5.41) is 0. The summed E-state index contributed by atoms with van der Waals surface area (Å²) in [4.78, 5) is 0. The molecule has 0 saturated heterocycles. The predicted molar refractivity (Wildman–Crippen MR) is 50.8 cm³/mol. The highest BCUT2D eigenvalue weighted by Gasteiger charge is 2.15. The molecule has 0 aromatic rings. The van der Waals surface area contributed by atoms with Crippen LogP contribution in [0, 0.1) is 0 Å². The van der Waals surface area contributed by atoms with E-state index in [1.807, 2.05) is 0 Å². The van der Waals surface area contributed by atoms with Crippen LogP contribution in [0.25, 0.3) is 0 Å². The van der Waals surface area contributed by atoms with Gasteiger partial charge in [-0.3, -0.25) is 0 Å². The van der Waals surface area contributed by atoms with Crippen LogP contribution in [0.2, 0.25) is 0 Å². The smallest absolute Gasteiger partial charge is 0.0202 e. The van der Waals surface area contributed by atoms with Crippen LogP contribution < -0.4 is 0 Å². The topological polar surface area (TPSA) is 3.24 Å². The lowest BCUT2D eigenvalue weighted by molar-refractivity contribution is 0.313. The molecule has 1 aliphatic carbocycles. The molecule has 0 aliphatic heterocycles. The van der Waals surface area contributed by atoms with Crippen LogP contribution in [-0.2, 0) is 0 Å². The number of halogens is 2. The van der Waals surface area contributed by atoms with Gasteiger partial charge >= 0.3 is 0 Å². The first-order chi connectivity index (χ1) is 4.30. The van der Waals surface area contributed by atoms with Gasteiger partial charge in [0.05, 0.1) is 0 Å². The number of nitrogens with zero attached hydrogens (tertiary/aromatic N) is 1. The number of hydrogen-bond acceptors (Lipinski definition) is 1. The second-order valence-corrected chi connectivity index (χ2v) is 3.94. The predicted octanol–water partition coefficient (Wildman–Crippen LogP) is 2.98. The largest absolute Gasteiger partial charge is 0.242 e. The molecule has 1 nitrogen and oxygen atoms in total. The zero-order chi connectivity index (χ0) is 6.69. The molecule has 3 heteroatoms. The Morgan fingerprint density at radius 1 is 1.20 bits per heavy atom. The van der Waals surface area contributed by atoms with Crippen molar-refractivity contribution in [2.24, 2.45) is 0 Å². The van der Waals surface area contributed by atoms with Gasteiger partial charge in [-0.15, -0.1) is 12.4 Å². The zero-order valence-electron chi connectivity index (χ0n) is 6.35. The fourth-order valence-electron chi connectivity index (χ4n) is 1.44. The summed E-state index contributed by atoms with van der Waals surface area (Å²) in [6.07, 6.45) is 7.03. The number of hydrogen-bond donors (Lipinski definition) is 0. The lowest BCUT2D eigenvalue weighted by Crippen LogP contribution is -2.25. The van der Waals surface area contributed by atoms with Crippen molar-refractivity contribution in [1.29, 1.82) is 0 Å². The minimum absolute atomic E-state index is 0. The Morgan fingerprint density at radius 2 is 1.70 bits per heavy atom. The molecular weight excluding hydrogens is 213 g/mol. The van der Waals surface area contributed by atoms with Gasteiger partial charge in [0.15, 0.2) is 0 Å². The molecule has 0 aromatic heterocycles. The van der Waals surface area contributed by atoms with Crippen LogP contribution in [0.15, 0.2) is 0 Å². The molecule has 0 bridgehead atoms. The Bertz CT molecular complexity index is 81.7. The minimum Gasteiger partial charge on any atom is -0.242 e. The van der Waals surface area contributed by atoms with E-state index in [4.69, 9.17) is 0 Å². The second kappa shape index (κ2) is 5.39. The van der Waals surface area contributed by atoms with Gasteiger partial charge in [0.1, 0.15) is 0 Å². The quantitative estimate of drug-likeness (QED) is 0.624. The Balaban J connectivity index is 0.000000810. The molecule has 0 spiro atoms. The van der Waals surface area contributed by atoms with Crippen molar-refractivity contribution in [1.82, 2.24) is 3.93 Å². The third-order valence-electron chi connectivity index (χ3n) is 2.08. The van der Waals surface area contributed by atoms with E-state index in [1.165, 1.54) is 32.1 Å². The molecule has 0 amide bonds. The summed E-state index contributed by atoms with van der Waals surface area (Å²) in [5.74, 6) is 0. The molecule has 0 radical (unpaired) electrons. The SMILES string of the molecule is CN(Br)C1CCCCC1.Cl. The highest BCUT2D eigenvalue weighted by Crippen LogP contribution is 2.22. The molecule has 1 fully saturated rings. The number of rotatable bonds is 1. The zero-order valence-corrected chi connectivity index (χ0v) is 8.75. The lowest BCUT2D eigenvalue weighted by atomic mass is 9.96. The fourth-order valence-corrected chi connectivity index (χ4v) is 1.85. The van der Waals surface area contributed by atoms with Gasteiger partial charge in [0, 0.05) is 22.2 Å². The van der Waals surface area contributed by atoms with Gasteiger partial charge in [-0.05, 0) is 19.9 Å². The Kier molecular flexibility index (Phi) is 5.78. The molecule has 0 N–H and O–H groups in total. The van der Waals surface area contributed by atoms with Crippen molar-refractivity contribution >= 4 is 28.6 Å². The van der Waals surface area contributed by atoms with Gasteiger partial charge < -0.3 is 0 Å². The Labute approximate surface area is 77.9 Å². The standard InChI is InChI=1S/C7H14BrN.ClH/c1-9(8)7-5-3-2-4-6-7;/h7H,2-6H2,1H3;1H. The van der Waals surface area contributed by atoms with Crippen LogP contribution in [0.5, 0.6) is 0 Å². The van der Waals surface area contributed by atoms with E-state index in [2.05, 4.69) is 27.1 Å². The maximum absolute atomic E-state index is 3.47. The van der Waals surface area contributed by atoms with Crippen LogP contribution in [0.3, 0.4) is 0 Å². The normalized spacial score (nSPS) is 20.7. The average Bonchev–Trinajstić information content (AvgIpc) is 1.90. The molecule has 0 aromatic carbocycles. The monoisotopic (exact) mass is 227 g/mol. The third-order valence-corrected chi connectivity index (χ3v) is 2.66. The summed E-state index contributed by atoms with van der Waals surface area (Å²) in [6.45, 7) is 0. The van der Waals surface area contributed by atoms with Gasteiger partial charge in [-0.1, -0.05) is 19.3 Å². The van der Waals surface area contributed by atoms with Crippen molar-refractivity contribution < 1.29 is 0 Å². The Morgan fingerprint density at radius 3 is 2.00 bits per heavy atom. The van der Waals surface area contributed by atoms with Crippen molar-refractivity contribution in [3.05, 3.63) is 0 Å². The first kappa shape index (κ1) is 10.7. The summed E-state index contributed by atoms with van der Waals surface area (Å²) >= 11 is 3.47. The highest BCUT2D eigenvalue weighted by atomic mass is 79.9. The molecule has 0 atom stereocenters. The van der Waals surface area contributed by atoms with Gasteiger partial charge in [-0.2, -0.15) is 0 Å². The summed E-state index contributed by atoms with van der Waals surface area (Å²) in [6, 6.07) is 0.804. The van der Waals surface area contributed by atoms with Crippen LogP contribution in [0.1, 0.15) is 32.1 Å². The van der Waals surface area contributed by atoms with Crippen molar-refractivity contribution in [3.63, 3.8) is 0 Å². The second-order valence-electron chi connectivity index (χ2n) is 2.82. The van der Waals surface area contributed by atoms with E-state index in [-0.39, 0.29) is 12.4 Å². The van der Waals surface area contributed by atoms with E-state index in [0.29, 0.717) is 0 Å². The van der Waals surface area contributed by atoms with Gasteiger partial charge in [0.2, 0.25) is 0 Å². The molecule has 1 aliphatic rings. The molecule has 1 saturated carbocycles. The van der Waals surface area contributed by atoms with Gasteiger partial charge in [0.25, 0.3) is 0 Å². The van der Waals surface area contributed by atoms with Crippen LogP contribution >= 0.6 is 28.6 Å². The third kappa shape index (κ3) is 3.22. The average molecular weight is 229 g/mol. The molecular formula is C7H15BrClN. The first-order valence-electron chi connectivity index (χ1n) is 3.69. The molecule has 0 unspecified atom stereocenters.